The highest BCUT2D eigenvalue weighted by molar-refractivity contribution is 5.79. The van der Waals surface area contributed by atoms with E-state index in [0.29, 0.717) is 5.92 Å². The van der Waals surface area contributed by atoms with Crippen molar-refractivity contribution in [2.45, 2.75) is 50.5 Å². The molecule has 29 heavy (non-hydrogen) atoms. The number of ether oxygens (including phenoxy) is 2. The fourth-order valence-electron chi connectivity index (χ4n) is 4.52. The summed E-state index contributed by atoms with van der Waals surface area (Å²) in [5.74, 6) is 2.29. The second kappa shape index (κ2) is 10.8. The van der Waals surface area contributed by atoms with Crippen LogP contribution in [0.15, 0.2) is 29.3 Å². The summed E-state index contributed by atoms with van der Waals surface area (Å²) in [6.07, 6.45) is 5.90. The predicted octanol–water partition coefficient (Wildman–Crippen LogP) is 3.00. The third-order valence-corrected chi connectivity index (χ3v) is 6.56. The van der Waals surface area contributed by atoms with Gasteiger partial charge in [0, 0.05) is 38.9 Å². The Balaban J connectivity index is 1.46. The number of methoxy groups -OCH3 is 1. The van der Waals surface area contributed by atoms with E-state index >= 15 is 0 Å². The van der Waals surface area contributed by atoms with Gasteiger partial charge >= 0.3 is 0 Å². The van der Waals surface area contributed by atoms with Crippen LogP contribution in [0.4, 0.5) is 0 Å². The lowest BCUT2D eigenvalue weighted by Gasteiger charge is -2.45. The van der Waals surface area contributed by atoms with Crippen LogP contribution in [0, 0.1) is 0 Å². The fraction of sp³-hybridized carbons (Fsp3) is 0.696. The Kier molecular flexibility index (Phi) is 8.19. The molecule has 2 N–H and O–H groups in total. The maximum absolute atomic E-state index is 5.66. The number of nitrogens with zero attached hydrogens (tertiary/aromatic N) is 2. The molecule has 0 spiro atoms. The summed E-state index contributed by atoms with van der Waals surface area (Å²) in [6, 6.07) is 8.37. The van der Waals surface area contributed by atoms with Crippen LogP contribution in [0.2, 0.25) is 0 Å². The van der Waals surface area contributed by atoms with E-state index < -0.39 is 0 Å². The van der Waals surface area contributed by atoms with Crippen molar-refractivity contribution in [1.82, 2.24) is 15.5 Å². The average molecular weight is 403 g/mol. The third-order valence-electron chi connectivity index (χ3n) is 6.56. The van der Waals surface area contributed by atoms with Crippen LogP contribution in [-0.4, -0.2) is 69.9 Å². The molecule has 0 aliphatic carbocycles. The molecule has 6 nitrogen and oxygen atoms in total. The SMILES string of the molecule is CN=C(NCCC(C)c1ccc(OC)cc1)NCC1(N2CCCC2)CCOCC1. The van der Waals surface area contributed by atoms with Crippen molar-refractivity contribution in [3.05, 3.63) is 29.8 Å². The molecule has 2 heterocycles. The summed E-state index contributed by atoms with van der Waals surface area (Å²) >= 11 is 0. The monoisotopic (exact) mass is 402 g/mol. The number of likely N-dealkylation sites (tertiary alicyclic amines) is 1. The summed E-state index contributed by atoms with van der Waals surface area (Å²) in [7, 11) is 3.56. The molecule has 1 aromatic rings. The Morgan fingerprint density at radius 3 is 2.48 bits per heavy atom. The Morgan fingerprint density at radius 2 is 1.86 bits per heavy atom. The number of hydrogen-bond acceptors (Lipinski definition) is 4. The lowest BCUT2D eigenvalue weighted by molar-refractivity contribution is -0.0164. The first-order valence-corrected chi connectivity index (χ1v) is 11.1. The van der Waals surface area contributed by atoms with Gasteiger partial charge in [0.2, 0.25) is 0 Å². The van der Waals surface area contributed by atoms with E-state index in [4.69, 9.17) is 9.47 Å². The van der Waals surface area contributed by atoms with Gasteiger partial charge in [-0.25, -0.2) is 0 Å². The van der Waals surface area contributed by atoms with E-state index in [1.54, 1.807) is 7.11 Å². The van der Waals surface area contributed by atoms with Crippen molar-refractivity contribution in [2.24, 2.45) is 4.99 Å². The third kappa shape index (κ3) is 5.86. The van der Waals surface area contributed by atoms with Gasteiger partial charge in [-0.1, -0.05) is 19.1 Å². The van der Waals surface area contributed by atoms with Crippen LogP contribution in [0.25, 0.3) is 0 Å². The summed E-state index contributed by atoms with van der Waals surface area (Å²) in [5, 5.41) is 7.12. The van der Waals surface area contributed by atoms with Crippen molar-refractivity contribution >= 4 is 5.96 Å². The first-order valence-electron chi connectivity index (χ1n) is 11.1. The van der Waals surface area contributed by atoms with Gasteiger partial charge < -0.3 is 20.1 Å². The molecule has 3 rings (SSSR count). The van der Waals surface area contributed by atoms with E-state index in [-0.39, 0.29) is 5.54 Å². The lowest BCUT2D eigenvalue weighted by atomic mass is 9.88. The van der Waals surface area contributed by atoms with Crippen LogP contribution in [0.1, 0.15) is 50.5 Å². The Labute approximate surface area is 176 Å². The molecule has 0 aromatic heterocycles. The highest BCUT2D eigenvalue weighted by Gasteiger charge is 2.39. The zero-order chi connectivity index (χ0) is 20.5. The van der Waals surface area contributed by atoms with Crippen molar-refractivity contribution in [3.63, 3.8) is 0 Å². The number of rotatable bonds is 8. The van der Waals surface area contributed by atoms with Gasteiger partial charge in [0.25, 0.3) is 0 Å². The normalized spacial score (nSPS) is 21.0. The molecule has 1 atom stereocenters. The van der Waals surface area contributed by atoms with Gasteiger partial charge in [-0.15, -0.1) is 0 Å². The predicted molar refractivity (Wildman–Crippen MR) is 119 cm³/mol. The van der Waals surface area contributed by atoms with Gasteiger partial charge in [0.05, 0.1) is 7.11 Å². The molecular weight excluding hydrogens is 364 g/mol. The number of guanidine groups is 1. The second-order valence-electron chi connectivity index (χ2n) is 8.35. The van der Waals surface area contributed by atoms with Crippen molar-refractivity contribution in [2.75, 3.05) is 53.6 Å². The Morgan fingerprint density at radius 1 is 1.17 bits per heavy atom. The van der Waals surface area contributed by atoms with E-state index in [1.165, 1.54) is 31.5 Å². The zero-order valence-electron chi connectivity index (χ0n) is 18.4. The smallest absolute Gasteiger partial charge is 0.191 e. The van der Waals surface area contributed by atoms with Gasteiger partial charge in [0.1, 0.15) is 5.75 Å². The first-order chi connectivity index (χ1) is 14.2. The van der Waals surface area contributed by atoms with Crippen LogP contribution in [0.3, 0.4) is 0 Å². The maximum atomic E-state index is 5.66. The Hall–Kier alpha value is -1.79. The molecule has 0 amide bonds. The minimum atomic E-state index is 0.211. The molecular formula is C23H38N4O2. The van der Waals surface area contributed by atoms with Crippen molar-refractivity contribution < 1.29 is 9.47 Å². The van der Waals surface area contributed by atoms with Crippen LogP contribution >= 0.6 is 0 Å². The molecule has 0 bridgehead atoms. The number of nitrogens with one attached hydrogen (secondary N) is 2. The van der Waals surface area contributed by atoms with E-state index in [9.17, 15) is 0 Å². The average Bonchev–Trinajstić information content (AvgIpc) is 3.32. The molecule has 6 heteroatoms. The maximum Gasteiger partial charge on any atom is 0.191 e. The fourth-order valence-corrected chi connectivity index (χ4v) is 4.52. The van der Waals surface area contributed by atoms with Crippen LogP contribution in [0.5, 0.6) is 5.75 Å². The van der Waals surface area contributed by atoms with Crippen molar-refractivity contribution in [3.8, 4) is 5.75 Å². The number of aliphatic imine (C=N–C) groups is 1. The zero-order valence-corrected chi connectivity index (χ0v) is 18.4. The number of hydrogen-bond donors (Lipinski definition) is 2. The molecule has 2 saturated heterocycles. The van der Waals surface area contributed by atoms with Crippen molar-refractivity contribution in [1.29, 1.82) is 0 Å². The molecule has 2 aliphatic heterocycles. The molecule has 0 saturated carbocycles. The van der Waals surface area contributed by atoms with Gasteiger partial charge in [-0.3, -0.25) is 9.89 Å². The van der Waals surface area contributed by atoms with Crippen LogP contribution < -0.4 is 15.4 Å². The molecule has 2 aliphatic rings. The van der Waals surface area contributed by atoms with Crippen LogP contribution in [-0.2, 0) is 4.74 Å². The van der Waals surface area contributed by atoms with Gasteiger partial charge in [0.15, 0.2) is 5.96 Å². The van der Waals surface area contributed by atoms with E-state index in [1.807, 2.05) is 19.2 Å². The summed E-state index contributed by atoms with van der Waals surface area (Å²) in [4.78, 5) is 7.13. The summed E-state index contributed by atoms with van der Waals surface area (Å²) in [6.45, 7) is 8.26. The molecule has 162 valence electrons. The quantitative estimate of drug-likeness (QED) is 0.517. The Bertz CT molecular complexity index is 635. The minimum absolute atomic E-state index is 0.211. The van der Waals surface area contributed by atoms with Gasteiger partial charge in [-0.2, -0.15) is 0 Å². The molecule has 1 aromatic carbocycles. The minimum Gasteiger partial charge on any atom is -0.497 e. The van der Waals surface area contributed by atoms with E-state index in [0.717, 1.165) is 57.3 Å². The first kappa shape index (κ1) is 21.9. The summed E-state index contributed by atoms with van der Waals surface area (Å²) < 4.78 is 10.9. The van der Waals surface area contributed by atoms with E-state index in [2.05, 4.69) is 39.6 Å². The highest BCUT2D eigenvalue weighted by atomic mass is 16.5. The standard InChI is InChI=1S/C23H38N4O2/c1-19(20-6-8-21(28-3)9-7-20)10-13-25-22(24-2)26-18-23(11-16-29-17-12-23)27-14-4-5-15-27/h6-9,19H,4-5,10-18H2,1-3H3,(H2,24,25,26). The second-order valence-corrected chi connectivity index (χ2v) is 8.35. The molecule has 0 radical (unpaired) electrons. The highest BCUT2D eigenvalue weighted by Crippen LogP contribution is 2.30. The van der Waals surface area contributed by atoms with Gasteiger partial charge in [-0.05, 0) is 68.8 Å². The lowest BCUT2D eigenvalue weighted by Crippen LogP contribution is -2.58. The molecule has 1 unspecified atom stereocenters. The topological polar surface area (TPSA) is 58.1 Å². The summed E-state index contributed by atoms with van der Waals surface area (Å²) in [5.41, 5.74) is 1.55. The molecule has 2 fully saturated rings. The number of benzene rings is 1. The largest absolute Gasteiger partial charge is 0.497 e.